The maximum absolute atomic E-state index is 11.8. The van der Waals surface area contributed by atoms with E-state index >= 15 is 0 Å². The maximum atomic E-state index is 11.8. The molecule has 146 valence electrons. The first kappa shape index (κ1) is 19.2. The van der Waals surface area contributed by atoms with Gasteiger partial charge < -0.3 is 10.2 Å². The molecular weight excluding hydrogens is 376 g/mol. The van der Waals surface area contributed by atoms with E-state index in [1.165, 1.54) is 0 Å². The van der Waals surface area contributed by atoms with E-state index in [1.54, 1.807) is 36.4 Å². The molecule has 4 aromatic rings. The van der Waals surface area contributed by atoms with Gasteiger partial charge in [-0.05, 0) is 45.5 Å². The molecule has 0 aliphatic carbocycles. The van der Waals surface area contributed by atoms with Crippen molar-refractivity contribution < 1.29 is 19.8 Å². The Morgan fingerprint density at radius 3 is 0.933 bits per heavy atom. The number of carboxylic acid groups (broad SMARTS) is 2. The average molecular weight is 394 g/mol. The van der Waals surface area contributed by atoms with Crippen LogP contribution in [0.1, 0.15) is 20.7 Å². The molecule has 0 spiro atoms. The van der Waals surface area contributed by atoms with E-state index < -0.39 is 11.9 Å². The molecule has 0 aromatic heterocycles. The van der Waals surface area contributed by atoms with Crippen LogP contribution in [0.5, 0.6) is 0 Å². The van der Waals surface area contributed by atoms with Gasteiger partial charge in [0, 0.05) is 0 Å². The Hall–Kier alpha value is -4.18. The van der Waals surface area contributed by atoms with Gasteiger partial charge in [-0.2, -0.15) is 0 Å². The first-order valence-electron chi connectivity index (χ1n) is 9.41. The molecule has 2 N–H and O–H groups in total. The predicted molar refractivity (Wildman–Crippen MR) is 117 cm³/mol. The van der Waals surface area contributed by atoms with Gasteiger partial charge >= 0.3 is 11.9 Å². The molecule has 0 bridgehead atoms. The Morgan fingerprint density at radius 2 is 0.633 bits per heavy atom. The summed E-state index contributed by atoms with van der Waals surface area (Å²) in [5.74, 6) is -1.99. The fourth-order valence-electron chi connectivity index (χ4n) is 3.71. The van der Waals surface area contributed by atoms with Crippen LogP contribution in [0.4, 0.5) is 0 Å². The number of benzene rings is 4. The van der Waals surface area contributed by atoms with Crippen molar-refractivity contribution in [3.63, 3.8) is 0 Å². The summed E-state index contributed by atoms with van der Waals surface area (Å²) in [6.07, 6.45) is 0. The third-order valence-electron chi connectivity index (χ3n) is 5.04. The second-order valence-electron chi connectivity index (χ2n) is 6.79. The van der Waals surface area contributed by atoms with Crippen LogP contribution in [0.25, 0.3) is 33.4 Å². The molecule has 4 heteroatoms. The Kier molecular flexibility index (Phi) is 5.14. The number of carbonyl (C=O) groups is 2. The lowest BCUT2D eigenvalue weighted by Gasteiger charge is -2.16. The monoisotopic (exact) mass is 394 g/mol. The normalized spacial score (nSPS) is 10.5. The molecule has 4 rings (SSSR count). The lowest BCUT2D eigenvalue weighted by atomic mass is 9.87. The second kappa shape index (κ2) is 8.05. The SMILES string of the molecule is O=C(O)c1ccccc1-c1ccccc1-c1ccccc1-c1ccccc1C(=O)O. The van der Waals surface area contributed by atoms with Gasteiger partial charge in [-0.3, -0.25) is 0 Å². The van der Waals surface area contributed by atoms with Crippen LogP contribution in [-0.2, 0) is 0 Å². The lowest BCUT2D eigenvalue weighted by Crippen LogP contribution is -2.01. The summed E-state index contributed by atoms with van der Waals surface area (Å²) in [5, 5.41) is 19.3. The molecule has 0 heterocycles. The molecule has 0 radical (unpaired) electrons. The quantitative estimate of drug-likeness (QED) is 0.430. The minimum atomic E-state index is -0.995. The van der Waals surface area contributed by atoms with Crippen molar-refractivity contribution in [2.24, 2.45) is 0 Å². The van der Waals surface area contributed by atoms with E-state index in [1.807, 2.05) is 60.7 Å². The molecule has 30 heavy (non-hydrogen) atoms. The van der Waals surface area contributed by atoms with Crippen molar-refractivity contribution in [3.05, 3.63) is 108 Å². The third kappa shape index (κ3) is 3.47. The van der Waals surface area contributed by atoms with Crippen LogP contribution in [0.15, 0.2) is 97.1 Å². The van der Waals surface area contributed by atoms with E-state index in [2.05, 4.69) is 0 Å². The fourth-order valence-corrected chi connectivity index (χ4v) is 3.71. The number of hydrogen-bond acceptors (Lipinski definition) is 2. The van der Waals surface area contributed by atoms with Gasteiger partial charge in [-0.15, -0.1) is 0 Å². The van der Waals surface area contributed by atoms with E-state index in [0.29, 0.717) is 11.1 Å². The average Bonchev–Trinajstić information content (AvgIpc) is 2.79. The molecule has 0 amide bonds. The summed E-state index contributed by atoms with van der Waals surface area (Å²) in [6, 6.07) is 28.9. The number of carboxylic acids is 2. The zero-order valence-electron chi connectivity index (χ0n) is 15.9. The van der Waals surface area contributed by atoms with Gasteiger partial charge in [-0.1, -0.05) is 84.9 Å². The molecular formula is C26H18O4. The predicted octanol–water partition coefficient (Wildman–Crippen LogP) is 6.08. The Bertz CT molecular complexity index is 1160. The highest BCUT2D eigenvalue weighted by molar-refractivity contribution is 6.02. The Labute approximate surface area is 173 Å². The minimum absolute atomic E-state index is 0.216. The van der Waals surface area contributed by atoms with Crippen LogP contribution in [0.3, 0.4) is 0 Å². The summed E-state index contributed by atoms with van der Waals surface area (Å²) in [4.78, 5) is 23.6. The molecule has 0 fully saturated rings. The smallest absolute Gasteiger partial charge is 0.336 e. The van der Waals surface area contributed by atoms with Crippen molar-refractivity contribution in [2.45, 2.75) is 0 Å². The molecule has 0 unspecified atom stereocenters. The minimum Gasteiger partial charge on any atom is -0.478 e. The first-order valence-corrected chi connectivity index (χ1v) is 9.41. The third-order valence-corrected chi connectivity index (χ3v) is 5.04. The van der Waals surface area contributed by atoms with Gasteiger partial charge in [0.15, 0.2) is 0 Å². The van der Waals surface area contributed by atoms with Crippen molar-refractivity contribution in [3.8, 4) is 33.4 Å². The van der Waals surface area contributed by atoms with E-state index in [4.69, 9.17) is 0 Å². The molecule has 0 saturated carbocycles. The highest BCUT2D eigenvalue weighted by Gasteiger charge is 2.18. The zero-order chi connectivity index (χ0) is 21.1. The van der Waals surface area contributed by atoms with E-state index in [9.17, 15) is 19.8 Å². The van der Waals surface area contributed by atoms with Gasteiger partial charge in [0.1, 0.15) is 0 Å². The van der Waals surface area contributed by atoms with Gasteiger partial charge in [0.25, 0.3) is 0 Å². The van der Waals surface area contributed by atoms with Crippen LogP contribution in [0.2, 0.25) is 0 Å². The van der Waals surface area contributed by atoms with Gasteiger partial charge in [0.05, 0.1) is 11.1 Å². The number of aromatic carboxylic acids is 2. The summed E-state index contributed by atoms with van der Waals surface area (Å²) < 4.78 is 0. The summed E-state index contributed by atoms with van der Waals surface area (Å²) in [5.41, 5.74) is 4.88. The van der Waals surface area contributed by atoms with Crippen molar-refractivity contribution >= 4 is 11.9 Å². The van der Waals surface area contributed by atoms with Crippen LogP contribution < -0.4 is 0 Å². The first-order chi connectivity index (χ1) is 14.6. The Morgan fingerprint density at radius 1 is 0.400 bits per heavy atom. The molecule has 4 aromatic carbocycles. The van der Waals surface area contributed by atoms with Crippen molar-refractivity contribution in [2.75, 3.05) is 0 Å². The standard InChI is InChI=1S/C26H18O4/c27-25(28)23-15-7-5-13-21(23)19-11-3-1-9-17(19)18-10-2-4-12-20(18)22-14-6-8-16-24(22)26(29)30/h1-16H,(H,27,28)(H,29,30). The molecule has 0 aliphatic heterocycles. The van der Waals surface area contributed by atoms with Gasteiger partial charge in [0.2, 0.25) is 0 Å². The zero-order valence-corrected chi connectivity index (χ0v) is 15.9. The summed E-state index contributed by atoms with van der Waals surface area (Å²) in [7, 11) is 0. The van der Waals surface area contributed by atoms with E-state index in [-0.39, 0.29) is 11.1 Å². The highest BCUT2D eigenvalue weighted by atomic mass is 16.4. The summed E-state index contributed by atoms with van der Waals surface area (Å²) >= 11 is 0. The lowest BCUT2D eigenvalue weighted by molar-refractivity contribution is 0.0687. The maximum Gasteiger partial charge on any atom is 0.336 e. The van der Waals surface area contributed by atoms with Crippen LogP contribution in [0, 0.1) is 0 Å². The highest BCUT2D eigenvalue weighted by Crippen LogP contribution is 2.39. The van der Waals surface area contributed by atoms with Gasteiger partial charge in [-0.25, -0.2) is 9.59 Å². The van der Waals surface area contributed by atoms with Crippen LogP contribution in [-0.4, -0.2) is 22.2 Å². The van der Waals surface area contributed by atoms with Crippen molar-refractivity contribution in [1.29, 1.82) is 0 Å². The van der Waals surface area contributed by atoms with Crippen LogP contribution >= 0.6 is 0 Å². The van der Waals surface area contributed by atoms with E-state index in [0.717, 1.165) is 22.3 Å². The number of hydrogen-bond donors (Lipinski definition) is 2. The number of rotatable bonds is 5. The topological polar surface area (TPSA) is 74.6 Å². The molecule has 0 saturated heterocycles. The largest absolute Gasteiger partial charge is 0.478 e. The Balaban J connectivity index is 1.99. The second-order valence-corrected chi connectivity index (χ2v) is 6.79. The molecule has 4 nitrogen and oxygen atoms in total. The summed E-state index contributed by atoms with van der Waals surface area (Å²) in [6.45, 7) is 0. The fraction of sp³-hybridized carbons (Fsp3) is 0. The molecule has 0 atom stereocenters. The molecule has 0 aliphatic rings. The van der Waals surface area contributed by atoms with Crippen molar-refractivity contribution in [1.82, 2.24) is 0 Å².